The molecule has 0 fully saturated rings. The van der Waals surface area contributed by atoms with Crippen molar-refractivity contribution >= 4 is 33.6 Å². The summed E-state index contributed by atoms with van der Waals surface area (Å²) in [5.41, 5.74) is 2.68. The van der Waals surface area contributed by atoms with E-state index in [1.165, 1.54) is 0 Å². The van der Waals surface area contributed by atoms with E-state index in [0.717, 1.165) is 21.3 Å². The molecule has 2 rings (SSSR count). The molecule has 27 heavy (non-hydrogen) atoms. The molecule has 0 unspecified atom stereocenters. The highest BCUT2D eigenvalue weighted by Crippen LogP contribution is 2.28. The second kappa shape index (κ2) is 10.1. The number of hydrogen-bond acceptors (Lipinski definition) is 3. The maximum absolute atomic E-state index is 12.7. The van der Waals surface area contributed by atoms with Crippen LogP contribution < -0.4 is 10.6 Å². The first-order valence-corrected chi connectivity index (χ1v) is 9.77. The summed E-state index contributed by atoms with van der Waals surface area (Å²) in [5.74, 6) is 0.0882. The maximum atomic E-state index is 12.7. The Balaban J connectivity index is 2.15. The first-order chi connectivity index (χ1) is 12.9. The number of carbonyl (C=O) groups excluding carboxylic acids is 2. The SMILES string of the molecule is CCOC(=O)N[C@H](CC(=O)Nc1ccc(Br)cc1C(C)C)c1ccccc1. The van der Waals surface area contributed by atoms with E-state index in [4.69, 9.17) is 4.74 Å². The normalized spacial score (nSPS) is 11.7. The lowest BCUT2D eigenvalue weighted by Crippen LogP contribution is -2.32. The van der Waals surface area contributed by atoms with Crippen LogP contribution in [0.2, 0.25) is 0 Å². The Hall–Kier alpha value is -2.34. The van der Waals surface area contributed by atoms with Gasteiger partial charge in [-0.2, -0.15) is 0 Å². The number of anilines is 1. The Morgan fingerprint density at radius 1 is 1.11 bits per heavy atom. The summed E-state index contributed by atoms with van der Waals surface area (Å²) in [4.78, 5) is 24.6. The first kappa shape index (κ1) is 21.0. The van der Waals surface area contributed by atoms with Crippen molar-refractivity contribution in [2.75, 3.05) is 11.9 Å². The van der Waals surface area contributed by atoms with Crippen molar-refractivity contribution < 1.29 is 14.3 Å². The van der Waals surface area contributed by atoms with Crippen LogP contribution in [0, 0.1) is 0 Å². The Morgan fingerprint density at radius 3 is 2.44 bits per heavy atom. The number of halogens is 1. The summed E-state index contributed by atoms with van der Waals surface area (Å²) < 4.78 is 5.94. The lowest BCUT2D eigenvalue weighted by Gasteiger charge is -2.20. The van der Waals surface area contributed by atoms with Gasteiger partial charge in [-0.3, -0.25) is 4.79 Å². The number of alkyl carbamates (subject to hydrolysis) is 1. The van der Waals surface area contributed by atoms with Gasteiger partial charge in [0.05, 0.1) is 19.1 Å². The Labute approximate surface area is 168 Å². The molecule has 1 atom stereocenters. The van der Waals surface area contributed by atoms with Gasteiger partial charge in [-0.05, 0) is 42.2 Å². The molecule has 0 bridgehead atoms. The molecule has 5 nitrogen and oxygen atoms in total. The van der Waals surface area contributed by atoms with Gasteiger partial charge in [0, 0.05) is 10.2 Å². The van der Waals surface area contributed by atoms with Crippen molar-refractivity contribution in [3.63, 3.8) is 0 Å². The topological polar surface area (TPSA) is 67.4 Å². The second-order valence-corrected chi connectivity index (χ2v) is 7.38. The fraction of sp³-hybridized carbons (Fsp3) is 0.333. The zero-order valence-corrected chi connectivity index (χ0v) is 17.4. The summed E-state index contributed by atoms with van der Waals surface area (Å²) in [6, 6.07) is 14.7. The molecule has 0 heterocycles. The van der Waals surface area contributed by atoms with Gasteiger partial charge in [-0.25, -0.2) is 4.79 Å². The van der Waals surface area contributed by atoms with Crippen molar-refractivity contribution in [2.45, 2.75) is 39.2 Å². The van der Waals surface area contributed by atoms with Crippen LogP contribution in [-0.2, 0) is 9.53 Å². The first-order valence-electron chi connectivity index (χ1n) is 8.98. The number of carbonyl (C=O) groups is 2. The second-order valence-electron chi connectivity index (χ2n) is 6.47. The third-order valence-electron chi connectivity index (χ3n) is 4.07. The van der Waals surface area contributed by atoms with Crippen LogP contribution in [0.3, 0.4) is 0 Å². The molecule has 2 amide bonds. The predicted octanol–water partition coefficient (Wildman–Crippen LogP) is 5.39. The van der Waals surface area contributed by atoms with Gasteiger partial charge in [0.1, 0.15) is 0 Å². The van der Waals surface area contributed by atoms with Gasteiger partial charge in [-0.1, -0.05) is 60.1 Å². The van der Waals surface area contributed by atoms with E-state index < -0.39 is 12.1 Å². The summed E-state index contributed by atoms with van der Waals surface area (Å²) >= 11 is 3.47. The number of nitrogens with one attached hydrogen (secondary N) is 2. The number of rotatable bonds is 7. The van der Waals surface area contributed by atoms with Crippen LogP contribution in [0.15, 0.2) is 53.0 Å². The molecule has 6 heteroatoms. The summed E-state index contributed by atoms with van der Waals surface area (Å²) in [7, 11) is 0. The highest BCUT2D eigenvalue weighted by atomic mass is 79.9. The Morgan fingerprint density at radius 2 is 1.81 bits per heavy atom. The van der Waals surface area contributed by atoms with E-state index in [1.54, 1.807) is 6.92 Å². The van der Waals surface area contributed by atoms with Gasteiger partial charge in [0.25, 0.3) is 0 Å². The monoisotopic (exact) mass is 432 g/mol. The molecule has 0 aromatic heterocycles. The molecule has 0 saturated carbocycles. The number of benzene rings is 2. The van der Waals surface area contributed by atoms with Crippen molar-refractivity contribution in [1.29, 1.82) is 0 Å². The van der Waals surface area contributed by atoms with E-state index >= 15 is 0 Å². The van der Waals surface area contributed by atoms with E-state index in [1.807, 2.05) is 48.5 Å². The predicted molar refractivity (Wildman–Crippen MR) is 111 cm³/mol. The van der Waals surface area contributed by atoms with Crippen LogP contribution in [0.5, 0.6) is 0 Å². The lowest BCUT2D eigenvalue weighted by molar-refractivity contribution is -0.116. The van der Waals surface area contributed by atoms with Crippen LogP contribution in [0.4, 0.5) is 10.5 Å². The van der Waals surface area contributed by atoms with E-state index in [9.17, 15) is 9.59 Å². The van der Waals surface area contributed by atoms with Gasteiger partial charge < -0.3 is 15.4 Å². The quantitative estimate of drug-likeness (QED) is 0.616. The molecule has 2 aromatic carbocycles. The van der Waals surface area contributed by atoms with E-state index in [2.05, 4.69) is 40.4 Å². The molecule has 0 spiro atoms. The molecule has 0 aliphatic rings. The molecule has 0 saturated heterocycles. The highest BCUT2D eigenvalue weighted by Gasteiger charge is 2.20. The van der Waals surface area contributed by atoms with Crippen LogP contribution >= 0.6 is 15.9 Å². The fourth-order valence-electron chi connectivity index (χ4n) is 2.76. The number of ether oxygens (including phenoxy) is 1. The van der Waals surface area contributed by atoms with Gasteiger partial charge in [-0.15, -0.1) is 0 Å². The molecule has 0 radical (unpaired) electrons. The average Bonchev–Trinajstić information content (AvgIpc) is 2.63. The molecule has 0 aliphatic heterocycles. The molecule has 2 aromatic rings. The van der Waals surface area contributed by atoms with Crippen molar-refractivity contribution in [1.82, 2.24) is 5.32 Å². The molecule has 144 valence electrons. The minimum Gasteiger partial charge on any atom is -0.450 e. The third-order valence-corrected chi connectivity index (χ3v) is 4.56. The lowest BCUT2D eigenvalue weighted by atomic mass is 10.0. The largest absolute Gasteiger partial charge is 0.450 e. The van der Waals surface area contributed by atoms with Crippen LogP contribution in [0.1, 0.15) is 50.3 Å². The minimum atomic E-state index is -0.536. The molecule has 2 N–H and O–H groups in total. The van der Waals surface area contributed by atoms with Crippen LogP contribution in [0.25, 0.3) is 0 Å². The Bertz CT molecular complexity index is 778. The van der Waals surface area contributed by atoms with Crippen molar-refractivity contribution in [3.8, 4) is 0 Å². The fourth-order valence-corrected chi connectivity index (χ4v) is 3.14. The van der Waals surface area contributed by atoms with Gasteiger partial charge in [0.15, 0.2) is 0 Å². The van der Waals surface area contributed by atoms with E-state index in [-0.39, 0.29) is 24.9 Å². The molecular formula is C21H25BrN2O3. The highest BCUT2D eigenvalue weighted by molar-refractivity contribution is 9.10. The Kier molecular flexibility index (Phi) is 7.85. The summed E-state index contributed by atoms with van der Waals surface area (Å²) in [5, 5.41) is 5.74. The molecule has 0 aliphatic carbocycles. The standard InChI is InChI=1S/C21H25BrN2O3/c1-4-27-21(26)24-19(15-8-6-5-7-9-15)13-20(25)23-18-11-10-16(22)12-17(18)14(2)3/h5-12,14,19H,4,13H2,1-3H3,(H,23,25)(H,24,26)/t19-/m1/s1. The van der Waals surface area contributed by atoms with Crippen molar-refractivity contribution in [2.24, 2.45) is 0 Å². The van der Waals surface area contributed by atoms with Crippen LogP contribution in [-0.4, -0.2) is 18.6 Å². The van der Waals surface area contributed by atoms with Gasteiger partial charge in [0.2, 0.25) is 5.91 Å². The number of hydrogen-bond donors (Lipinski definition) is 2. The number of amides is 2. The maximum Gasteiger partial charge on any atom is 0.407 e. The van der Waals surface area contributed by atoms with Crippen molar-refractivity contribution in [3.05, 3.63) is 64.1 Å². The average molecular weight is 433 g/mol. The third kappa shape index (κ3) is 6.40. The minimum absolute atomic E-state index is 0.108. The smallest absolute Gasteiger partial charge is 0.407 e. The zero-order chi connectivity index (χ0) is 19.8. The summed E-state index contributed by atoms with van der Waals surface area (Å²) in [6.45, 7) is 6.17. The van der Waals surface area contributed by atoms with Gasteiger partial charge >= 0.3 is 6.09 Å². The van der Waals surface area contributed by atoms with E-state index in [0.29, 0.717) is 0 Å². The molecular weight excluding hydrogens is 408 g/mol. The zero-order valence-electron chi connectivity index (χ0n) is 15.8. The summed E-state index contributed by atoms with van der Waals surface area (Å²) in [6.07, 6.45) is -0.429.